The molecule has 0 saturated heterocycles. The van der Waals surface area contributed by atoms with E-state index in [2.05, 4.69) is 24.5 Å². The number of aliphatic hydroxyl groups is 1. The van der Waals surface area contributed by atoms with Gasteiger partial charge in [-0.3, -0.25) is 4.79 Å². The summed E-state index contributed by atoms with van der Waals surface area (Å²) in [7, 11) is 0. The van der Waals surface area contributed by atoms with Gasteiger partial charge in [0.15, 0.2) is 0 Å². The molecule has 4 heteroatoms. The fourth-order valence-corrected chi connectivity index (χ4v) is 1.95. The molecule has 0 heterocycles. The molecule has 0 spiro atoms. The van der Waals surface area contributed by atoms with Crippen LogP contribution in [0.1, 0.15) is 39.5 Å². The largest absolute Gasteiger partial charge is 0.387 e. The smallest absolute Gasteiger partial charge is 0.250 e. The fourth-order valence-electron chi connectivity index (χ4n) is 1.95. The summed E-state index contributed by atoms with van der Waals surface area (Å²) in [5, 5.41) is 14.8. The van der Waals surface area contributed by atoms with E-state index >= 15 is 0 Å². The molecule has 19 heavy (non-hydrogen) atoms. The molecule has 1 rings (SSSR count). The number of anilines is 2. The van der Waals surface area contributed by atoms with Gasteiger partial charge in [-0.15, -0.1) is 0 Å². The summed E-state index contributed by atoms with van der Waals surface area (Å²) in [6, 6.07) is 8.04. The predicted molar refractivity (Wildman–Crippen MR) is 79.4 cm³/mol. The van der Waals surface area contributed by atoms with Gasteiger partial charge in [-0.25, -0.2) is 0 Å². The maximum absolute atomic E-state index is 11.1. The summed E-state index contributed by atoms with van der Waals surface area (Å²) < 4.78 is 0. The van der Waals surface area contributed by atoms with Crippen LogP contribution in [0.25, 0.3) is 0 Å². The lowest BCUT2D eigenvalue weighted by molar-refractivity contribution is -0.118. The Morgan fingerprint density at radius 1 is 1.32 bits per heavy atom. The van der Waals surface area contributed by atoms with E-state index in [0.29, 0.717) is 11.7 Å². The van der Waals surface area contributed by atoms with Crippen LogP contribution in [0.15, 0.2) is 24.3 Å². The average Bonchev–Trinajstić information content (AvgIpc) is 2.43. The lowest BCUT2D eigenvalue weighted by Gasteiger charge is -2.18. The van der Waals surface area contributed by atoms with Gasteiger partial charge < -0.3 is 15.7 Å². The highest BCUT2D eigenvalue weighted by Gasteiger charge is 2.06. The topological polar surface area (TPSA) is 61.4 Å². The van der Waals surface area contributed by atoms with E-state index in [4.69, 9.17) is 5.11 Å². The van der Waals surface area contributed by atoms with Gasteiger partial charge in [0.1, 0.15) is 6.61 Å². The van der Waals surface area contributed by atoms with Gasteiger partial charge in [0.25, 0.3) is 0 Å². The molecular formula is C15H24N2O2. The highest BCUT2D eigenvalue weighted by Crippen LogP contribution is 2.18. The summed E-state index contributed by atoms with van der Waals surface area (Å²) in [6.45, 7) is 3.87. The van der Waals surface area contributed by atoms with Gasteiger partial charge in [-0.05, 0) is 31.0 Å². The van der Waals surface area contributed by atoms with Crippen LogP contribution in [0.2, 0.25) is 0 Å². The van der Waals surface area contributed by atoms with Crippen molar-refractivity contribution in [3.05, 3.63) is 24.3 Å². The normalized spacial score (nSPS) is 11.9. The van der Waals surface area contributed by atoms with Crippen LogP contribution in [-0.4, -0.2) is 23.7 Å². The molecule has 106 valence electrons. The number of unbranched alkanes of at least 4 members (excludes halogenated alkanes) is 1. The summed E-state index contributed by atoms with van der Waals surface area (Å²) in [5.41, 5.74) is 1.70. The van der Waals surface area contributed by atoms with E-state index in [9.17, 15) is 4.79 Å². The van der Waals surface area contributed by atoms with Crippen LogP contribution in [0.5, 0.6) is 0 Å². The van der Waals surface area contributed by atoms with E-state index in [0.717, 1.165) is 18.5 Å². The zero-order valence-corrected chi connectivity index (χ0v) is 11.8. The minimum atomic E-state index is -0.494. The quantitative estimate of drug-likeness (QED) is 0.676. The molecule has 1 unspecified atom stereocenters. The van der Waals surface area contributed by atoms with Crippen molar-refractivity contribution in [3.8, 4) is 0 Å². The van der Waals surface area contributed by atoms with E-state index in [1.807, 2.05) is 24.3 Å². The van der Waals surface area contributed by atoms with Gasteiger partial charge >= 0.3 is 0 Å². The second-order valence-corrected chi connectivity index (χ2v) is 4.68. The lowest BCUT2D eigenvalue weighted by Crippen LogP contribution is -2.19. The Bertz CT molecular complexity index is 393. The van der Waals surface area contributed by atoms with Crippen LogP contribution in [0, 0.1) is 0 Å². The maximum Gasteiger partial charge on any atom is 0.250 e. The average molecular weight is 264 g/mol. The monoisotopic (exact) mass is 264 g/mol. The van der Waals surface area contributed by atoms with Crippen molar-refractivity contribution in [3.63, 3.8) is 0 Å². The van der Waals surface area contributed by atoms with Crippen LogP contribution in [-0.2, 0) is 4.79 Å². The molecule has 1 amide bonds. The zero-order valence-electron chi connectivity index (χ0n) is 11.8. The van der Waals surface area contributed by atoms with E-state index < -0.39 is 12.5 Å². The molecule has 4 nitrogen and oxygen atoms in total. The van der Waals surface area contributed by atoms with Crippen molar-refractivity contribution in [2.75, 3.05) is 17.2 Å². The van der Waals surface area contributed by atoms with Crippen LogP contribution in [0.3, 0.4) is 0 Å². The van der Waals surface area contributed by atoms with Gasteiger partial charge in [0.2, 0.25) is 5.91 Å². The minimum Gasteiger partial charge on any atom is -0.387 e. The van der Waals surface area contributed by atoms with Gasteiger partial charge in [0, 0.05) is 17.4 Å². The molecule has 0 fully saturated rings. The van der Waals surface area contributed by atoms with Crippen molar-refractivity contribution < 1.29 is 9.90 Å². The lowest BCUT2D eigenvalue weighted by atomic mass is 10.1. The second kappa shape index (κ2) is 8.53. The molecule has 3 N–H and O–H groups in total. The Morgan fingerprint density at radius 2 is 2.05 bits per heavy atom. The molecule has 1 aromatic rings. The first kappa shape index (κ1) is 15.5. The van der Waals surface area contributed by atoms with Crippen molar-refractivity contribution in [1.82, 2.24) is 0 Å². The Labute approximate surface area is 115 Å². The number of nitrogens with one attached hydrogen (secondary N) is 2. The summed E-state index contributed by atoms with van der Waals surface area (Å²) >= 11 is 0. The van der Waals surface area contributed by atoms with E-state index in [-0.39, 0.29) is 0 Å². The van der Waals surface area contributed by atoms with Gasteiger partial charge in [-0.1, -0.05) is 32.8 Å². The van der Waals surface area contributed by atoms with Crippen molar-refractivity contribution in [2.45, 2.75) is 45.6 Å². The Morgan fingerprint density at radius 3 is 2.68 bits per heavy atom. The van der Waals surface area contributed by atoms with Gasteiger partial charge in [-0.2, -0.15) is 0 Å². The number of carbonyl (C=O) groups excluding carboxylic acids is 1. The molecule has 0 radical (unpaired) electrons. The first-order valence-electron chi connectivity index (χ1n) is 6.96. The molecule has 0 bridgehead atoms. The number of carbonyl (C=O) groups is 1. The number of aliphatic hydroxyl groups excluding tert-OH is 1. The molecule has 0 aliphatic rings. The van der Waals surface area contributed by atoms with Crippen molar-refractivity contribution in [1.29, 1.82) is 0 Å². The minimum absolute atomic E-state index is 0.393. The Kier molecular flexibility index (Phi) is 6.97. The van der Waals surface area contributed by atoms with E-state index in [1.54, 1.807) is 0 Å². The number of benzene rings is 1. The van der Waals surface area contributed by atoms with Crippen LogP contribution < -0.4 is 10.6 Å². The molecule has 0 aromatic heterocycles. The molecule has 0 aliphatic heterocycles. The number of hydrogen-bond acceptors (Lipinski definition) is 3. The number of rotatable bonds is 8. The Balaban J connectivity index is 2.62. The molecule has 0 aliphatic carbocycles. The number of hydrogen-bond donors (Lipinski definition) is 3. The highest BCUT2D eigenvalue weighted by molar-refractivity contribution is 5.91. The number of amides is 1. The standard InChI is InChI=1S/C15H24N2O2/c1-3-5-7-12(4-2)16-13-8-6-9-14(10-13)17-15(19)11-18/h6,8-10,12,16,18H,3-5,7,11H2,1-2H3,(H,17,19). The third-order valence-corrected chi connectivity index (χ3v) is 3.06. The zero-order chi connectivity index (χ0) is 14.1. The third-order valence-electron chi connectivity index (χ3n) is 3.06. The van der Waals surface area contributed by atoms with E-state index in [1.165, 1.54) is 12.8 Å². The molecule has 1 atom stereocenters. The molecule has 1 aromatic carbocycles. The Hall–Kier alpha value is -1.55. The fraction of sp³-hybridized carbons (Fsp3) is 0.533. The maximum atomic E-state index is 11.1. The van der Waals surface area contributed by atoms with Crippen LogP contribution >= 0.6 is 0 Å². The van der Waals surface area contributed by atoms with Crippen molar-refractivity contribution >= 4 is 17.3 Å². The second-order valence-electron chi connectivity index (χ2n) is 4.68. The highest BCUT2D eigenvalue weighted by atomic mass is 16.3. The SMILES string of the molecule is CCCCC(CC)Nc1cccc(NC(=O)CO)c1. The predicted octanol–water partition coefficient (Wildman–Crippen LogP) is 3.00. The third kappa shape index (κ3) is 5.75. The summed E-state index contributed by atoms with van der Waals surface area (Å²) in [6.07, 6.45) is 4.64. The van der Waals surface area contributed by atoms with Crippen molar-refractivity contribution in [2.24, 2.45) is 0 Å². The first-order valence-corrected chi connectivity index (χ1v) is 6.96. The van der Waals surface area contributed by atoms with Crippen LogP contribution in [0.4, 0.5) is 11.4 Å². The molecule has 0 saturated carbocycles. The first-order chi connectivity index (χ1) is 9.19. The van der Waals surface area contributed by atoms with Gasteiger partial charge in [0.05, 0.1) is 0 Å². The summed E-state index contributed by atoms with van der Waals surface area (Å²) in [5.74, 6) is -0.393. The summed E-state index contributed by atoms with van der Waals surface area (Å²) in [4.78, 5) is 11.1. The molecular weight excluding hydrogens is 240 g/mol.